The highest BCUT2D eigenvalue weighted by Crippen LogP contribution is 1.81. The first-order valence-corrected chi connectivity index (χ1v) is 4.07. The Morgan fingerprint density at radius 3 is 0.700 bits per heavy atom. The molecule has 0 saturated carbocycles. The van der Waals surface area contributed by atoms with E-state index in [1.807, 2.05) is 27.7 Å². The largest absolute Gasteiger partial charge is 0.124 e. The summed E-state index contributed by atoms with van der Waals surface area (Å²) in [4.78, 5) is 0. The average Bonchev–Trinajstić information content (AvgIpc) is 1.98. The van der Waals surface area contributed by atoms with Gasteiger partial charge in [0.15, 0.2) is 0 Å². The molecule has 0 rings (SSSR count). The van der Waals surface area contributed by atoms with Gasteiger partial charge in [-0.3, -0.25) is 0 Å². The SMILES string of the molecule is C#C.CC.CC.CC(C)C. The van der Waals surface area contributed by atoms with Crippen molar-refractivity contribution in [2.75, 3.05) is 0 Å². The summed E-state index contributed by atoms with van der Waals surface area (Å²) in [6, 6.07) is 0. The van der Waals surface area contributed by atoms with Crippen LogP contribution in [0.5, 0.6) is 0 Å². The van der Waals surface area contributed by atoms with Gasteiger partial charge in [-0.25, -0.2) is 0 Å². The highest BCUT2D eigenvalue weighted by atomic mass is 13.7. The first-order valence-electron chi connectivity index (χ1n) is 4.07. The van der Waals surface area contributed by atoms with Crippen molar-refractivity contribution in [3.8, 4) is 12.8 Å². The van der Waals surface area contributed by atoms with Gasteiger partial charge in [0, 0.05) is 0 Å². The molecular weight excluding hydrogens is 120 g/mol. The average molecular weight is 144 g/mol. The summed E-state index contributed by atoms with van der Waals surface area (Å²) in [7, 11) is 0. The highest BCUT2D eigenvalue weighted by molar-refractivity contribution is 4.47. The highest BCUT2D eigenvalue weighted by Gasteiger charge is 1.68. The molecular formula is C10H24. The van der Waals surface area contributed by atoms with Crippen LogP contribution in [0.3, 0.4) is 0 Å². The third kappa shape index (κ3) is 1680. The van der Waals surface area contributed by atoms with Crippen LogP contribution in [-0.2, 0) is 0 Å². The Hall–Kier alpha value is -0.440. The van der Waals surface area contributed by atoms with E-state index in [9.17, 15) is 0 Å². The summed E-state index contributed by atoms with van der Waals surface area (Å²) in [5.74, 6) is 0.833. The molecule has 0 bridgehead atoms. The summed E-state index contributed by atoms with van der Waals surface area (Å²) in [5, 5.41) is 0. The fourth-order valence-corrected chi connectivity index (χ4v) is 0. The molecule has 0 unspecified atom stereocenters. The Balaban J connectivity index is -0.0000000262. The fraction of sp³-hybridized carbons (Fsp3) is 0.800. The van der Waals surface area contributed by atoms with Gasteiger partial charge >= 0.3 is 0 Å². The van der Waals surface area contributed by atoms with Crippen LogP contribution in [0, 0.1) is 18.8 Å². The number of hydrogen-bond donors (Lipinski definition) is 0. The van der Waals surface area contributed by atoms with Gasteiger partial charge in [0.05, 0.1) is 0 Å². The molecule has 64 valence electrons. The topological polar surface area (TPSA) is 0 Å². The zero-order valence-corrected chi connectivity index (χ0v) is 8.73. The zero-order chi connectivity index (χ0) is 9.58. The minimum Gasteiger partial charge on any atom is -0.124 e. The van der Waals surface area contributed by atoms with Gasteiger partial charge in [-0.1, -0.05) is 48.5 Å². The summed E-state index contributed by atoms with van der Waals surface area (Å²) in [6.45, 7) is 14.5. The lowest BCUT2D eigenvalue weighted by Gasteiger charge is -1.79. The molecule has 0 aromatic carbocycles. The fourth-order valence-electron chi connectivity index (χ4n) is 0. The molecule has 0 radical (unpaired) electrons. The van der Waals surface area contributed by atoms with Crippen molar-refractivity contribution in [2.24, 2.45) is 5.92 Å². The monoisotopic (exact) mass is 144 g/mol. The first-order chi connectivity index (χ1) is 4.73. The maximum atomic E-state index is 4.00. The smallest absolute Gasteiger partial charge is 0.0500 e. The Kier molecular flexibility index (Phi) is 169. The Morgan fingerprint density at radius 1 is 0.700 bits per heavy atom. The van der Waals surface area contributed by atoms with Crippen molar-refractivity contribution in [3.05, 3.63) is 0 Å². The minimum atomic E-state index is 0.833. The van der Waals surface area contributed by atoms with Gasteiger partial charge in [0.25, 0.3) is 0 Å². The van der Waals surface area contributed by atoms with Crippen LogP contribution in [0.4, 0.5) is 0 Å². The van der Waals surface area contributed by atoms with Gasteiger partial charge < -0.3 is 0 Å². The van der Waals surface area contributed by atoms with E-state index in [0.717, 1.165) is 5.92 Å². The van der Waals surface area contributed by atoms with Gasteiger partial charge in [0.1, 0.15) is 0 Å². The molecule has 0 aliphatic rings. The lowest BCUT2D eigenvalue weighted by Crippen LogP contribution is -1.66. The zero-order valence-electron chi connectivity index (χ0n) is 8.73. The normalized spacial score (nSPS) is 5.00. The molecule has 0 nitrogen and oxygen atoms in total. The summed E-state index contributed by atoms with van der Waals surface area (Å²) < 4.78 is 0. The summed E-state index contributed by atoms with van der Waals surface area (Å²) in [6.07, 6.45) is 8.00. The summed E-state index contributed by atoms with van der Waals surface area (Å²) in [5.41, 5.74) is 0. The molecule has 0 saturated heterocycles. The maximum absolute atomic E-state index is 4.00. The van der Waals surface area contributed by atoms with Crippen LogP contribution < -0.4 is 0 Å². The van der Waals surface area contributed by atoms with Crippen molar-refractivity contribution in [1.82, 2.24) is 0 Å². The number of hydrogen-bond acceptors (Lipinski definition) is 0. The van der Waals surface area contributed by atoms with Crippen molar-refractivity contribution >= 4 is 0 Å². The molecule has 0 aliphatic carbocycles. The van der Waals surface area contributed by atoms with Crippen molar-refractivity contribution in [3.63, 3.8) is 0 Å². The molecule has 0 heterocycles. The number of terminal acetylenes is 1. The second-order valence-corrected chi connectivity index (χ2v) is 1.73. The Morgan fingerprint density at radius 2 is 0.700 bits per heavy atom. The van der Waals surface area contributed by atoms with Crippen LogP contribution in [-0.4, -0.2) is 0 Å². The Bertz CT molecular complexity index is 21.5. The van der Waals surface area contributed by atoms with Crippen LogP contribution in [0.1, 0.15) is 48.5 Å². The second kappa shape index (κ2) is 74.7. The molecule has 0 amide bonds. The van der Waals surface area contributed by atoms with Crippen LogP contribution in [0.25, 0.3) is 0 Å². The van der Waals surface area contributed by atoms with E-state index in [0.29, 0.717) is 0 Å². The van der Waals surface area contributed by atoms with Gasteiger partial charge in [0.2, 0.25) is 0 Å². The van der Waals surface area contributed by atoms with Crippen LogP contribution >= 0.6 is 0 Å². The minimum absolute atomic E-state index is 0.833. The summed E-state index contributed by atoms with van der Waals surface area (Å²) >= 11 is 0. The van der Waals surface area contributed by atoms with E-state index in [-0.39, 0.29) is 0 Å². The molecule has 0 atom stereocenters. The van der Waals surface area contributed by atoms with E-state index >= 15 is 0 Å². The quantitative estimate of drug-likeness (QED) is 0.451. The lowest BCUT2D eigenvalue weighted by molar-refractivity contribution is 0.737. The van der Waals surface area contributed by atoms with Gasteiger partial charge in [-0.05, 0) is 5.92 Å². The Labute approximate surface area is 68.0 Å². The van der Waals surface area contributed by atoms with Crippen LogP contribution in [0.15, 0.2) is 0 Å². The van der Waals surface area contributed by atoms with Gasteiger partial charge in [-0.2, -0.15) is 0 Å². The molecule has 0 aromatic heterocycles. The van der Waals surface area contributed by atoms with E-state index in [4.69, 9.17) is 0 Å². The molecule has 0 aliphatic heterocycles. The molecule has 0 spiro atoms. The third-order valence-corrected chi connectivity index (χ3v) is 0. The van der Waals surface area contributed by atoms with E-state index < -0.39 is 0 Å². The first kappa shape index (κ1) is 22.7. The van der Waals surface area contributed by atoms with Crippen molar-refractivity contribution in [2.45, 2.75) is 48.5 Å². The maximum Gasteiger partial charge on any atom is -0.0500 e. The van der Waals surface area contributed by atoms with Gasteiger partial charge in [-0.15, -0.1) is 12.8 Å². The van der Waals surface area contributed by atoms with E-state index in [1.54, 1.807) is 0 Å². The van der Waals surface area contributed by atoms with Crippen molar-refractivity contribution < 1.29 is 0 Å². The van der Waals surface area contributed by atoms with Crippen LogP contribution in [0.2, 0.25) is 0 Å². The molecule has 0 fully saturated rings. The predicted molar refractivity (Wildman–Crippen MR) is 53.1 cm³/mol. The molecule has 0 aromatic rings. The predicted octanol–water partition coefficient (Wildman–Crippen LogP) is 3.96. The number of rotatable bonds is 0. The van der Waals surface area contributed by atoms with E-state index in [2.05, 4.69) is 33.6 Å². The molecule has 0 N–H and O–H groups in total. The molecule has 10 heavy (non-hydrogen) atoms. The second-order valence-electron chi connectivity index (χ2n) is 1.73. The molecule has 0 heteroatoms. The van der Waals surface area contributed by atoms with Crippen molar-refractivity contribution in [1.29, 1.82) is 0 Å². The standard InChI is InChI=1S/C4H10.2C2H6.C2H2/c1-4(2)3;3*1-2/h4H,1-3H3;2*1-2H3;1-2H. The lowest BCUT2D eigenvalue weighted by atomic mass is 10.3. The third-order valence-electron chi connectivity index (χ3n) is 0. The van der Waals surface area contributed by atoms with E-state index in [1.165, 1.54) is 0 Å².